The van der Waals surface area contributed by atoms with Crippen molar-refractivity contribution in [2.24, 2.45) is 5.92 Å². The molecular weight excluding hydrogens is 466 g/mol. The fourth-order valence-electron chi connectivity index (χ4n) is 4.36. The fraction of sp³-hybridized carbons (Fsp3) is 0.407. The molecule has 0 aliphatic carbocycles. The van der Waals surface area contributed by atoms with Crippen molar-refractivity contribution >= 4 is 17.5 Å². The van der Waals surface area contributed by atoms with E-state index >= 15 is 0 Å². The minimum Gasteiger partial charge on any atom is -0.493 e. The predicted octanol–water partition coefficient (Wildman–Crippen LogP) is 4.89. The third-order valence-corrected chi connectivity index (χ3v) is 6.73. The van der Waals surface area contributed by atoms with Gasteiger partial charge in [0.2, 0.25) is 11.8 Å². The molecule has 1 aliphatic heterocycles. The van der Waals surface area contributed by atoms with E-state index in [1.165, 1.54) is 5.56 Å². The van der Waals surface area contributed by atoms with Gasteiger partial charge in [0, 0.05) is 29.6 Å². The highest BCUT2D eigenvalue weighted by Gasteiger charge is 2.26. The van der Waals surface area contributed by atoms with Crippen LogP contribution in [0.15, 0.2) is 46.9 Å². The van der Waals surface area contributed by atoms with E-state index in [4.69, 9.17) is 30.5 Å². The summed E-state index contributed by atoms with van der Waals surface area (Å²) in [5.41, 5.74) is 2.92. The second-order valence-corrected chi connectivity index (χ2v) is 9.25. The quantitative estimate of drug-likeness (QED) is 0.453. The highest BCUT2D eigenvalue weighted by atomic mass is 35.5. The van der Waals surface area contributed by atoms with Crippen molar-refractivity contribution in [3.05, 3.63) is 64.5 Å². The number of oxazole rings is 1. The van der Waals surface area contributed by atoms with Crippen LogP contribution in [0.2, 0.25) is 5.02 Å². The molecule has 1 aromatic heterocycles. The molecule has 1 aliphatic rings. The molecule has 186 valence electrons. The maximum absolute atomic E-state index is 12.6. The molecule has 0 bridgehead atoms. The minimum atomic E-state index is 0.0530. The summed E-state index contributed by atoms with van der Waals surface area (Å²) >= 11 is 5.93. The van der Waals surface area contributed by atoms with E-state index in [0.29, 0.717) is 30.5 Å². The molecule has 0 unspecified atom stereocenters. The number of benzene rings is 2. The summed E-state index contributed by atoms with van der Waals surface area (Å²) in [4.78, 5) is 19.7. The van der Waals surface area contributed by atoms with Crippen molar-refractivity contribution in [1.82, 2.24) is 15.2 Å². The number of hydrogen-bond donors (Lipinski definition) is 1. The number of ether oxygens (including phenoxy) is 2. The van der Waals surface area contributed by atoms with Gasteiger partial charge in [0.05, 0.1) is 19.9 Å². The summed E-state index contributed by atoms with van der Waals surface area (Å²) in [7, 11) is 3.22. The zero-order valence-electron chi connectivity index (χ0n) is 20.5. The summed E-state index contributed by atoms with van der Waals surface area (Å²) in [6.07, 6.45) is 2.48. The number of carbonyl (C=O) groups excluding carboxylic acids is 1. The van der Waals surface area contributed by atoms with Gasteiger partial charge in [-0.3, -0.25) is 9.69 Å². The van der Waals surface area contributed by atoms with Gasteiger partial charge >= 0.3 is 0 Å². The first-order valence-electron chi connectivity index (χ1n) is 11.9. The zero-order chi connectivity index (χ0) is 24.8. The normalized spacial score (nSPS) is 14.6. The maximum atomic E-state index is 12.6. The average molecular weight is 498 g/mol. The molecule has 1 fully saturated rings. The molecule has 35 heavy (non-hydrogen) atoms. The van der Waals surface area contributed by atoms with Gasteiger partial charge < -0.3 is 19.2 Å². The number of hydrogen-bond acceptors (Lipinski definition) is 6. The third-order valence-electron chi connectivity index (χ3n) is 6.48. The van der Waals surface area contributed by atoms with E-state index in [1.807, 2.05) is 49.4 Å². The molecule has 0 radical (unpaired) electrons. The largest absolute Gasteiger partial charge is 0.493 e. The Morgan fingerprint density at radius 2 is 1.83 bits per heavy atom. The van der Waals surface area contributed by atoms with Gasteiger partial charge in [-0.2, -0.15) is 0 Å². The highest BCUT2D eigenvalue weighted by Crippen LogP contribution is 2.33. The van der Waals surface area contributed by atoms with Gasteiger partial charge in [0.15, 0.2) is 11.5 Å². The first kappa shape index (κ1) is 25.1. The summed E-state index contributed by atoms with van der Waals surface area (Å²) in [6, 6.07) is 13.4. The third kappa shape index (κ3) is 6.35. The molecule has 1 amide bonds. The van der Waals surface area contributed by atoms with Crippen molar-refractivity contribution in [3.63, 3.8) is 0 Å². The number of carbonyl (C=O) groups is 1. The lowest BCUT2D eigenvalue weighted by atomic mass is 9.95. The second kappa shape index (κ2) is 11.6. The summed E-state index contributed by atoms with van der Waals surface area (Å²) in [5, 5.41) is 3.82. The van der Waals surface area contributed by atoms with Gasteiger partial charge in [-0.05, 0) is 75.2 Å². The lowest BCUT2D eigenvalue weighted by Crippen LogP contribution is -2.40. The number of aryl methyl sites for hydroxylation is 1. The highest BCUT2D eigenvalue weighted by molar-refractivity contribution is 6.30. The van der Waals surface area contributed by atoms with Crippen LogP contribution in [0.3, 0.4) is 0 Å². The maximum Gasteiger partial charge on any atom is 0.226 e. The van der Waals surface area contributed by atoms with Crippen molar-refractivity contribution in [2.45, 2.75) is 32.7 Å². The molecule has 0 atom stereocenters. The summed E-state index contributed by atoms with van der Waals surface area (Å²) in [5.74, 6) is 2.86. The molecule has 0 saturated carbocycles. The van der Waals surface area contributed by atoms with Crippen LogP contribution in [0.4, 0.5) is 0 Å². The molecule has 3 aromatic rings. The fourth-order valence-corrected chi connectivity index (χ4v) is 4.48. The number of nitrogens with zero attached hydrogens (tertiary/aromatic N) is 2. The van der Waals surface area contributed by atoms with Crippen LogP contribution in [-0.2, 0) is 17.8 Å². The lowest BCUT2D eigenvalue weighted by molar-refractivity contribution is -0.126. The van der Waals surface area contributed by atoms with Crippen molar-refractivity contribution < 1.29 is 18.7 Å². The monoisotopic (exact) mass is 497 g/mol. The Hall–Kier alpha value is -3.03. The molecule has 2 aromatic carbocycles. The van der Waals surface area contributed by atoms with Gasteiger partial charge in [-0.25, -0.2) is 4.98 Å². The van der Waals surface area contributed by atoms with Gasteiger partial charge in [0.25, 0.3) is 0 Å². The number of methoxy groups -OCH3 is 2. The SMILES string of the molecule is COc1ccc(-c2nc(CN3CCC(C(=O)NCCc4ccc(Cl)cc4)CC3)c(C)o2)cc1OC. The molecule has 7 nitrogen and oxygen atoms in total. The van der Waals surface area contributed by atoms with Gasteiger partial charge in [0.1, 0.15) is 5.76 Å². The number of likely N-dealkylation sites (tertiary alicyclic amines) is 1. The van der Waals surface area contributed by atoms with Crippen molar-refractivity contribution in [1.29, 1.82) is 0 Å². The van der Waals surface area contributed by atoms with Crippen LogP contribution in [0.25, 0.3) is 11.5 Å². The predicted molar refractivity (Wildman–Crippen MR) is 136 cm³/mol. The van der Waals surface area contributed by atoms with Crippen LogP contribution in [0, 0.1) is 12.8 Å². The first-order valence-corrected chi connectivity index (χ1v) is 12.3. The van der Waals surface area contributed by atoms with E-state index in [0.717, 1.165) is 54.4 Å². The van der Waals surface area contributed by atoms with Gasteiger partial charge in [-0.1, -0.05) is 23.7 Å². The van der Waals surface area contributed by atoms with E-state index in [1.54, 1.807) is 14.2 Å². The number of nitrogens with one attached hydrogen (secondary N) is 1. The Kier molecular flexibility index (Phi) is 8.31. The molecule has 2 heterocycles. The molecule has 4 rings (SSSR count). The van der Waals surface area contributed by atoms with Crippen LogP contribution >= 0.6 is 11.6 Å². The first-order chi connectivity index (χ1) is 17.0. The molecular formula is C27H32ClN3O4. The Morgan fingerprint density at radius 3 is 2.51 bits per heavy atom. The summed E-state index contributed by atoms with van der Waals surface area (Å²) in [6.45, 7) is 4.99. The molecule has 8 heteroatoms. The van der Waals surface area contributed by atoms with E-state index in [2.05, 4.69) is 10.2 Å². The van der Waals surface area contributed by atoms with Crippen LogP contribution in [-0.4, -0.2) is 49.6 Å². The van der Waals surface area contributed by atoms with E-state index in [-0.39, 0.29) is 11.8 Å². The molecule has 1 saturated heterocycles. The molecule has 1 N–H and O–H groups in total. The Bertz CT molecular complexity index is 1140. The lowest BCUT2D eigenvalue weighted by Gasteiger charge is -2.30. The number of halogens is 1. The summed E-state index contributed by atoms with van der Waals surface area (Å²) < 4.78 is 16.7. The number of rotatable bonds is 9. The van der Waals surface area contributed by atoms with Crippen LogP contribution in [0.1, 0.15) is 29.9 Å². The van der Waals surface area contributed by atoms with E-state index in [9.17, 15) is 4.79 Å². The number of piperidine rings is 1. The van der Waals surface area contributed by atoms with Crippen LogP contribution < -0.4 is 14.8 Å². The standard InChI is InChI=1S/C27H32ClN3O4/c1-18-23(30-27(35-18)21-6-9-24(33-2)25(16-21)34-3)17-31-14-11-20(12-15-31)26(32)29-13-10-19-4-7-22(28)8-5-19/h4-9,16,20H,10-15,17H2,1-3H3,(H,29,32). The van der Waals surface area contributed by atoms with Crippen LogP contribution in [0.5, 0.6) is 11.5 Å². The van der Waals surface area contributed by atoms with Gasteiger partial charge in [-0.15, -0.1) is 0 Å². The second-order valence-electron chi connectivity index (χ2n) is 8.81. The van der Waals surface area contributed by atoms with E-state index < -0.39 is 0 Å². The zero-order valence-corrected chi connectivity index (χ0v) is 21.2. The minimum absolute atomic E-state index is 0.0530. The number of amides is 1. The Morgan fingerprint density at radius 1 is 1.11 bits per heavy atom. The van der Waals surface area contributed by atoms with Crippen molar-refractivity contribution in [2.75, 3.05) is 33.9 Å². The Labute approximate surface area is 211 Å². The molecule has 0 spiro atoms. The smallest absolute Gasteiger partial charge is 0.226 e. The Balaban J connectivity index is 1.27. The van der Waals surface area contributed by atoms with Crippen molar-refractivity contribution in [3.8, 4) is 23.0 Å². The topological polar surface area (TPSA) is 76.8 Å². The average Bonchev–Trinajstić information content (AvgIpc) is 3.25. The number of aromatic nitrogens is 1.